The van der Waals surface area contributed by atoms with Crippen molar-refractivity contribution in [2.45, 2.75) is 13.8 Å². The second kappa shape index (κ2) is 6.99. The van der Waals surface area contributed by atoms with Crippen LogP contribution in [0.1, 0.15) is 18.2 Å². The number of aliphatic hydroxyl groups excluding tert-OH is 1. The Morgan fingerprint density at radius 2 is 2.04 bits per heavy atom. The Bertz CT molecular complexity index is 806. The molecular weight excluding hydrogens is 294 g/mol. The van der Waals surface area contributed by atoms with Gasteiger partial charge in [-0.1, -0.05) is 0 Å². The van der Waals surface area contributed by atoms with Gasteiger partial charge in [0.05, 0.1) is 6.61 Å². The highest BCUT2D eigenvalue weighted by atomic mass is 16.3. The van der Waals surface area contributed by atoms with Gasteiger partial charge in [-0.2, -0.15) is 5.26 Å². The zero-order valence-electron chi connectivity index (χ0n) is 13.1. The van der Waals surface area contributed by atoms with E-state index in [1.807, 2.05) is 17.9 Å². The zero-order valence-corrected chi connectivity index (χ0v) is 13.1. The van der Waals surface area contributed by atoms with E-state index in [0.29, 0.717) is 29.9 Å². The van der Waals surface area contributed by atoms with Crippen LogP contribution in [0, 0.1) is 18.3 Å². The number of aromatic hydroxyl groups is 1. The first-order valence-electron chi connectivity index (χ1n) is 7.35. The molecule has 2 aromatic rings. The maximum Gasteiger partial charge on any atom is 0.266 e. The number of likely N-dealkylation sites (N-methyl/N-ethyl adjacent to an activating group) is 1. The van der Waals surface area contributed by atoms with Crippen LogP contribution in [0.3, 0.4) is 0 Å². The summed E-state index contributed by atoms with van der Waals surface area (Å²) in [5.41, 5.74) is 1.72. The summed E-state index contributed by atoms with van der Waals surface area (Å²) < 4.78 is 0. The minimum atomic E-state index is -0.471. The average molecular weight is 313 g/mol. The van der Waals surface area contributed by atoms with Gasteiger partial charge >= 0.3 is 0 Å². The Morgan fingerprint density at radius 3 is 2.61 bits per heavy atom. The number of nitrogens with zero attached hydrogens (tertiary/aromatic N) is 2. The van der Waals surface area contributed by atoms with Crippen molar-refractivity contribution in [3.05, 3.63) is 45.9 Å². The number of rotatable bonds is 5. The molecular formula is C17H19N3O3. The molecule has 3 N–H and O–H groups in total. The summed E-state index contributed by atoms with van der Waals surface area (Å²) >= 11 is 0. The van der Waals surface area contributed by atoms with E-state index in [4.69, 9.17) is 5.11 Å². The molecule has 1 aromatic heterocycles. The number of benzene rings is 1. The summed E-state index contributed by atoms with van der Waals surface area (Å²) in [6.07, 6.45) is 0. The van der Waals surface area contributed by atoms with Gasteiger partial charge < -0.3 is 20.1 Å². The number of aliphatic hydroxyl groups is 1. The first-order chi connectivity index (χ1) is 11.0. The lowest BCUT2D eigenvalue weighted by molar-refractivity contribution is 0.302. The molecule has 0 saturated carbocycles. The van der Waals surface area contributed by atoms with E-state index in [1.165, 1.54) is 0 Å². The lowest BCUT2D eigenvalue weighted by Crippen LogP contribution is -2.25. The topological polar surface area (TPSA) is 100 Å². The number of H-pyrrole nitrogens is 1. The molecule has 23 heavy (non-hydrogen) atoms. The molecule has 0 atom stereocenters. The highest BCUT2D eigenvalue weighted by molar-refractivity contribution is 5.77. The van der Waals surface area contributed by atoms with Gasteiger partial charge in [0.25, 0.3) is 5.56 Å². The van der Waals surface area contributed by atoms with Crippen LogP contribution in [0.4, 0.5) is 5.69 Å². The van der Waals surface area contributed by atoms with Crippen molar-refractivity contribution in [2.24, 2.45) is 0 Å². The third-order valence-corrected chi connectivity index (χ3v) is 3.67. The van der Waals surface area contributed by atoms with Crippen LogP contribution in [0.15, 0.2) is 29.1 Å². The van der Waals surface area contributed by atoms with E-state index in [0.717, 1.165) is 5.69 Å². The fourth-order valence-corrected chi connectivity index (χ4v) is 2.55. The second-order valence-electron chi connectivity index (χ2n) is 5.19. The zero-order chi connectivity index (χ0) is 17.0. The van der Waals surface area contributed by atoms with Crippen molar-refractivity contribution >= 4 is 5.69 Å². The molecule has 0 amide bonds. The van der Waals surface area contributed by atoms with Gasteiger partial charge in [-0.05, 0) is 32.0 Å². The molecule has 1 aromatic carbocycles. The van der Waals surface area contributed by atoms with Crippen LogP contribution in [-0.2, 0) is 0 Å². The lowest BCUT2D eigenvalue weighted by Gasteiger charge is -2.22. The summed E-state index contributed by atoms with van der Waals surface area (Å²) in [7, 11) is 0. The van der Waals surface area contributed by atoms with Gasteiger partial charge in [0, 0.05) is 41.7 Å². The highest BCUT2D eigenvalue weighted by Crippen LogP contribution is 2.34. The SMILES string of the molecule is CCN(CCO)c1ccc(-c2cc(C)[nH]c(=O)c2C#N)c(O)c1. The predicted molar refractivity (Wildman–Crippen MR) is 88.6 cm³/mol. The third-order valence-electron chi connectivity index (χ3n) is 3.67. The van der Waals surface area contributed by atoms with Crippen LogP contribution >= 0.6 is 0 Å². The van der Waals surface area contributed by atoms with Crippen LogP contribution in [-0.4, -0.2) is 34.9 Å². The first-order valence-corrected chi connectivity index (χ1v) is 7.35. The van der Waals surface area contributed by atoms with Gasteiger partial charge in [-0.15, -0.1) is 0 Å². The van der Waals surface area contributed by atoms with Crippen LogP contribution in [0.2, 0.25) is 0 Å². The molecule has 0 aliphatic heterocycles. The molecule has 0 spiro atoms. The van der Waals surface area contributed by atoms with Crippen molar-refractivity contribution in [3.63, 3.8) is 0 Å². The molecule has 2 rings (SSSR count). The third kappa shape index (κ3) is 3.35. The van der Waals surface area contributed by atoms with Gasteiger partial charge in [0.1, 0.15) is 17.4 Å². The molecule has 0 aliphatic carbocycles. The van der Waals surface area contributed by atoms with Crippen molar-refractivity contribution in [1.29, 1.82) is 5.26 Å². The van der Waals surface area contributed by atoms with E-state index >= 15 is 0 Å². The maximum atomic E-state index is 11.9. The Kier molecular flexibility index (Phi) is 5.04. The van der Waals surface area contributed by atoms with Crippen molar-refractivity contribution in [3.8, 4) is 22.9 Å². The summed E-state index contributed by atoms with van der Waals surface area (Å²) in [4.78, 5) is 16.4. The minimum Gasteiger partial charge on any atom is -0.507 e. The van der Waals surface area contributed by atoms with Crippen LogP contribution in [0.25, 0.3) is 11.1 Å². The Hall–Kier alpha value is -2.78. The van der Waals surface area contributed by atoms with Gasteiger partial charge in [-0.3, -0.25) is 4.79 Å². The van der Waals surface area contributed by atoms with E-state index in [-0.39, 0.29) is 17.9 Å². The normalized spacial score (nSPS) is 10.3. The number of pyridine rings is 1. The molecule has 0 radical (unpaired) electrons. The maximum absolute atomic E-state index is 11.9. The molecule has 6 nitrogen and oxygen atoms in total. The van der Waals surface area contributed by atoms with Gasteiger partial charge in [-0.25, -0.2) is 0 Å². The molecule has 0 saturated heterocycles. The number of aryl methyl sites for hydroxylation is 1. The van der Waals surface area contributed by atoms with E-state index in [9.17, 15) is 15.2 Å². The minimum absolute atomic E-state index is 0.0135. The van der Waals surface area contributed by atoms with Crippen molar-refractivity contribution < 1.29 is 10.2 Å². The number of anilines is 1. The molecule has 0 unspecified atom stereocenters. The second-order valence-corrected chi connectivity index (χ2v) is 5.19. The fraction of sp³-hybridized carbons (Fsp3) is 0.294. The number of phenols is 1. The standard InChI is InChI=1S/C17H19N3O3/c1-3-20(6-7-21)12-4-5-13(16(22)9-12)14-8-11(2)19-17(23)15(14)10-18/h4-5,8-9,21-22H,3,6-7H2,1-2H3,(H,19,23). The number of hydrogen-bond donors (Lipinski definition) is 3. The molecule has 1 heterocycles. The smallest absolute Gasteiger partial charge is 0.266 e. The number of phenolic OH excluding ortho intramolecular Hbond substituents is 1. The Balaban J connectivity index is 2.55. The largest absolute Gasteiger partial charge is 0.507 e. The number of hydrogen-bond acceptors (Lipinski definition) is 5. The number of aromatic amines is 1. The molecule has 120 valence electrons. The van der Waals surface area contributed by atoms with Crippen molar-refractivity contribution in [1.82, 2.24) is 4.98 Å². The van der Waals surface area contributed by atoms with Crippen LogP contribution in [0.5, 0.6) is 5.75 Å². The lowest BCUT2D eigenvalue weighted by atomic mass is 9.99. The quantitative estimate of drug-likeness (QED) is 0.781. The number of aromatic nitrogens is 1. The summed E-state index contributed by atoms with van der Waals surface area (Å²) in [6.45, 7) is 4.84. The molecule has 0 fully saturated rings. The van der Waals surface area contributed by atoms with E-state index < -0.39 is 5.56 Å². The highest BCUT2D eigenvalue weighted by Gasteiger charge is 2.15. The first kappa shape index (κ1) is 16.6. The fourth-order valence-electron chi connectivity index (χ4n) is 2.55. The molecule has 6 heteroatoms. The monoisotopic (exact) mass is 313 g/mol. The van der Waals surface area contributed by atoms with Gasteiger partial charge in [0.2, 0.25) is 0 Å². The van der Waals surface area contributed by atoms with Crippen molar-refractivity contribution in [2.75, 3.05) is 24.6 Å². The van der Waals surface area contributed by atoms with E-state index in [1.54, 1.807) is 31.2 Å². The van der Waals surface area contributed by atoms with Gasteiger partial charge in [0.15, 0.2) is 0 Å². The number of nitriles is 1. The molecule has 0 bridgehead atoms. The summed E-state index contributed by atoms with van der Waals surface area (Å²) in [6, 6.07) is 8.61. The number of nitrogens with one attached hydrogen (secondary N) is 1. The summed E-state index contributed by atoms with van der Waals surface area (Å²) in [5, 5.41) is 28.6. The van der Waals surface area contributed by atoms with Crippen LogP contribution < -0.4 is 10.5 Å². The summed E-state index contributed by atoms with van der Waals surface area (Å²) in [5.74, 6) is -0.0135. The molecule has 0 aliphatic rings. The Labute approximate surface area is 134 Å². The van der Waals surface area contributed by atoms with E-state index in [2.05, 4.69) is 4.98 Å². The Morgan fingerprint density at radius 1 is 1.30 bits per heavy atom. The predicted octanol–water partition coefficient (Wildman–Crippen LogP) is 1.75. The average Bonchev–Trinajstić information content (AvgIpc) is 2.51.